The Labute approximate surface area is 148 Å². The Bertz CT molecular complexity index is 872. The van der Waals surface area contributed by atoms with E-state index < -0.39 is 0 Å². The maximum atomic E-state index is 12.5. The summed E-state index contributed by atoms with van der Waals surface area (Å²) in [5, 5.41) is 0.867. The average molecular weight is 339 g/mol. The second-order valence-electron chi connectivity index (χ2n) is 7.68. The molecule has 1 aliphatic rings. The first-order chi connectivity index (χ1) is 11.7. The zero-order valence-corrected chi connectivity index (χ0v) is 15.4. The Kier molecular flexibility index (Phi) is 4.19. The molecule has 1 aliphatic carbocycles. The molecule has 0 aliphatic heterocycles. The predicted molar refractivity (Wildman–Crippen MR) is 98.7 cm³/mol. The number of para-hydroxylation sites is 1. The first-order valence-electron chi connectivity index (χ1n) is 8.52. The minimum atomic E-state index is -0.303. The van der Waals surface area contributed by atoms with Gasteiger partial charge in [0.05, 0.1) is 11.5 Å². The SMILES string of the molecule is CC(C)=CC1C(C(=O)NNC(=O)c2cn(C)c3ccccc23)C1(C)C. The lowest BCUT2D eigenvalue weighted by molar-refractivity contribution is -0.123. The quantitative estimate of drug-likeness (QED) is 0.666. The van der Waals surface area contributed by atoms with Gasteiger partial charge in [-0.1, -0.05) is 43.7 Å². The maximum Gasteiger partial charge on any atom is 0.271 e. The van der Waals surface area contributed by atoms with Gasteiger partial charge in [0.1, 0.15) is 0 Å². The number of carbonyl (C=O) groups excluding carboxylic acids is 2. The van der Waals surface area contributed by atoms with Gasteiger partial charge >= 0.3 is 0 Å². The molecule has 3 rings (SSSR count). The Morgan fingerprint density at radius 3 is 2.52 bits per heavy atom. The molecule has 1 aromatic carbocycles. The van der Waals surface area contributed by atoms with Crippen LogP contribution in [0.1, 0.15) is 38.1 Å². The monoisotopic (exact) mass is 339 g/mol. The van der Waals surface area contributed by atoms with Crippen molar-refractivity contribution in [1.82, 2.24) is 15.4 Å². The molecule has 25 heavy (non-hydrogen) atoms. The van der Waals surface area contributed by atoms with Crippen LogP contribution >= 0.6 is 0 Å². The fourth-order valence-corrected chi connectivity index (χ4v) is 3.63. The third kappa shape index (κ3) is 3.06. The highest BCUT2D eigenvalue weighted by molar-refractivity contribution is 6.07. The van der Waals surface area contributed by atoms with E-state index in [1.54, 1.807) is 6.20 Å². The topological polar surface area (TPSA) is 63.1 Å². The second kappa shape index (κ2) is 6.06. The predicted octanol–water partition coefficient (Wildman–Crippen LogP) is 3.18. The van der Waals surface area contributed by atoms with Crippen LogP contribution in [0.5, 0.6) is 0 Å². The third-order valence-corrected chi connectivity index (χ3v) is 5.15. The lowest BCUT2D eigenvalue weighted by atomic mass is 10.1. The molecule has 5 nitrogen and oxygen atoms in total. The first kappa shape index (κ1) is 17.3. The molecule has 5 heteroatoms. The van der Waals surface area contributed by atoms with Gasteiger partial charge in [-0.3, -0.25) is 20.4 Å². The lowest BCUT2D eigenvalue weighted by Crippen LogP contribution is -2.43. The Morgan fingerprint density at radius 2 is 1.84 bits per heavy atom. The van der Waals surface area contributed by atoms with Crippen LogP contribution in [0, 0.1) is 17.3 Å². The fraction of sp³-hybridized carbons (Fsp3) is 0.400. The van der Waals surface area contributed by atoms with Crippen molar-refractivity contribution in [2.75, 3.05) is 0 Å². The molecule has 2 amide bonds. The summed E-state index contributed by atoms with van der Waals surface area (Å²) in [6.45, 7) is 8.22. The average Bonchev–Trinajstić information content (AvgIpc) is 2.92. The van der Waals surface area contributed by atoms with Gasteiger partial charge < -0.3 is 4.57 Å². The number of hydrogen-bond acceptors (Lipinski definition) is 2. The van der Waals surface area contributed by atoms with E-state index in [1.165, 1.54) is 5.57 Å². The number of nitrogens with zero attached hydrogens (tertiary/aromatic N) is 1. The highest BCUT2D eigenvalue weighted by atomic mass is 16.2. The molecule has 2 atom stereocenters. The van der Waals surface area contributed by atoms with Gasteiger partial charge in [0.2, 0.25) is 5.91 Å². The molecule has 1 fully saturated rings. The molecule has 0 spiro atoms. The van der Waals surface area contributed by atoms with Crippen LogP contribution in [0.25, 0.3) is 10.9 Å². The van der Waals surface area contributed by atoms with E-state index in [2.05, 4.69) is 30.8 Å². The van der Waals surface area contributed by atoms with E-state index in [0.717, 1.165) is 10.9 Å². The first-order valence-corrected chi connectivity index (χ1v) is 8.52. The van der Waals surface area contributed by atoms with Crippen LogP contribution in [0.4, 0.5) is 0 Å². The van der Waals surface area contributed by atoms with Crippen molar-refractivity contribution in [2.45, 2.75) is 27.7 Å². The molecule has 2 aromatic rings. The summed E-state index contributed by atoms with van der Waals surface area (Å²) in [7, 11) is 1.90. The number of hydrazine groups is 1. The molecule has 1 saturated carbocycles. The van der Waals surface area contributed by atoms with Crippen molar-refractivity contribution in [3.05, 3.63) is 47.7 Å². The number of carbonyl (C=O) groups is 2. The van der Waals surface area contributed by atoms with E-state index in [-0.39, 0.29) is 29.1 Å². The summed E-state index contributed by atoms with van der Waals surface area (Å²) in [5.74, 6) is -0.342. The molecule has 2 unspecified atom stereocenters. The van der Waals surface area contributed by atoms with Gasteiger partial charge in [-0.15, -0.1) is 0 Å². The molecule has 132 valence electrons. The van der Waals surface area contributed by atoms with Crippen LogP contribution in [0.15, 0.2) is 42.1 Å². The van der Waals surface area contributed by atoms with Gasteiger partial charge in [-0.2, -0.15) is 0 Å². The number of aryl methyl sites for hydroxylation is 1. The van der Waals surface area contributed by atoms with E-state index in [1.807, 2.05) is 49.7 Å². The summed E-state index contributed by atoms with van der Waals surface area (Å²) in [4.78, 5) is 24.9. The Hall–Kier alpha value is -2.56. The van der Waals surface area contributed by atoms with E-state index in [9.17, 15) is 9.59 Å². The number of amides is 2. The maximum absolute atomic E-state index is 12.5. The van der Waals surface area contributed by atoms with E-state index >= 15 is 0 Å². The highest BCUT2D eigenvalue weighted by Crippen LogP contribution is 2.59. The normalized spacial score (nSPS) is 20.8. The largest absolute Gasteiger partial charge is 0.350 e. The zero-order valence-electron chi connectivity index (χ0n) is 15.4. The number of allylic oxidation sites excluding steroid dienone is 2. The highest BCUT2D eigenvalue weighted by Gasteiger charge is 2.60. The van der Waals surface area contributed by atoms with E-state index in [4.69, 9.17) is 0 Å². The fourth-order valence-electron chi connectivity index (χ4n) is 3.63. The van der Waals surface area contributed by atoms with Crippen molar-refractivity contribution in [3.8, 4) is 0 Å². The van der Waals surface area contributed by atoms with Gasteiger partial charge in [0, 0.05) is 24.1 Å². The smallest absolute Gasteiger partial charge is 0.271 e. The lowest BCUT2D eigenvalue weighted by Gasteiger charge is -2.07. The summed E-state index contributed by atoms with van der Waals surface area (Å²) < 4.78 is 1.90. The molecule has 2 N–H and O–H groups in total. The van der Waals surface area contributed by atoms with Crippen molar-refractivity contribution < 1.29 is 9.59 Å². The number of hydrogen-bond donors (Lipinski definition) is 2. The van der Waals surface area contributed by atoms with Crippen LogP contribution in [0.3, 0.4) is 0 Å². The van der Waals surface area contributed by atoms with Gasteiger partial charge in [0.15, 0.2) is 0 Å². The van der Waals surface area contributed by atoms with Crippen molar-refractivity contribution >= 4 is 22.7 Å². The molecule has 1 aromatic heterocycles. The number of aromatic nitrogens is 1. The molecular weight excluding hydrogens is 314 g/mol. The van der Waals surface area contributed by atoms with Crippen LogP contribution in [-0.2, 0) is 11.8 Å². The Morgan fingerprint density at radius 1 is 1.16 bits per heavy atom. The van der Waals surface area contributed by atoms with Gasteiger partial charge in [-0.05, 0) is 31.2 Å². The van der Waals surface area contributed by atoms with Crippen LogP contribution < -0.4 is 10.9 Å². The number of nitrogens with one attached hydrogen (secondary N) is 2. The standard InChI is InChI=1S/C20H25N3O2/c1-12(2)10-15-17(20(15,3)4)19(25)22-21-18(24)14-11-23(5)16-9-7-6-8-13(14)16/h6-11,15,17H,1-5H3,(H,21,24)(H,22,25). The summed E-state index contributed by atoms with van der Waals surface area (Å²) in [6, 6.07) is 7.70. The van der Waals surface area contributed by atoms with Gasteiger partial charge in [-0.25, -0.2) is 0 Å². The number of benzene rings is 1. The Balaban J connectivity index is 1.68. The van der Waals surface area contributed by atoms with Crippen LogP contribution in [0.2, 0.25) is 0 Å². The van der Waals surface area contributed by atoms with Crippen molar-refractivity contribution in [2.24, 2.45) is 24.3 Å². The van der Waals surface area contributed by atoms with Gasteiger partial charge in [0.25, 0.3) is 5.91 Å². The number of rotatable bonds is 3. The summed E-state index contributed by atoms with van der Waals surface area (Å²) >= 11 is 0. The summed E-state index contributed by atoms with van der Waals surface area (Å²) in [5.41, 5.74) is 7.82. The summed E-state index contributed by atoms with van der Waals surface area (Å²) in [6.07, 6.45) is 3.91. The minimum Gasteiger partial charge on any atom is -0.350 e. The van der Waals surface area contributed by atoms with E-state index in [0.29, 0.717) is 5.56 Å². The molecular formula is C20H25N3O2. The molecule has 1 heterocycles. The molecule has 0 saturated heterocycles. The van der Waals surface area contributed by atoms with Crippen molar-refractivity contribution in [1.29, 1.82) is 0 Å². The number of fused-ring (bicyclic) bond motifs is 1. The molecule has 0 bridgehead atoms. The van der Waals surface area contributed by atoms with Crippen LogP contribution in [-0.4, -0.2) is 16.4 Å². The molecule has 0 radical (unpaired) electrons. The second-order valence-corrected chi connectivity index (χ2v) is 7.68. The zero-order chi connectivity index (χ0) is 18.4. The minimum absolute atomic E-state index is 0.0779. The van der Waals surface area contributed by atoms with Crippen molar-refractivity contribution in [3.63, 3.8) is 0 Å². The third-order valence-electron chi connectivity index (χ3n) is 5.15.